The number of hydrogen-bond donors (Lipinski definition) is 0. The van der Waals surface area contributed by atoms with Crippen LogP contribution in [0.15, 0.2) is 59.7 Å². The molecule has 0 amide bonds. The van der Waals surface area contributed by atoms with Crippen LogP contribution in [0, 0.1) is 11.3 Å². The number of aryl methyl sites for hydroxylation is 1. The second-order valence-electron chi connectivity index (χ2n) is 5.40. The molecule has 0 N–H and O–H groups in total. The van der Waals surface area contributed by atoms with Gasteiger partial charge in [-0.15, -0.1) is 0 Å². The molecule has 0 radical (unpaired) electrons. The van der Waals surface area contributed by atoms with Crippen LogP contribution >= 0.6 is 0 Å². The van der Waals surface area contributed by atoms with Crippen LogP contribution in [0.5, 0.6) is 0 Å². The van der Waals surface area contributed by atoms with E-state index in [9.17, 15) is 0 Å². The maximum absolute atomic E-state index is 8.90. The predicted molar refractivity (Wildman–Crippen MR) is 87.4 cm³/mol. The molecule has 0 aliphatic carbocycles. The van der Waals surface area contributed by atoms with Gasteiger partial charge >= 0.3 is 0 Å². The minimum Gasteiger partial charge on any atom is -0.254 e. The van der Waals surface area contributed by atoms with E-state index >= 15 is 0 Å². The van der Waals surface area contributed by atoms with E-state index in [0.717, 1.165) is 40.7 Å². The molecule has 3 nitrogen and oxygen atoms in total. The molecule has 1 aliphatic rings. The third kappa shape index (κ3) is 2.06. The molecule has 2 aromatic carbocycles. The van der Waals surface area contributed by atoms with Crippen molar-refractivity contribution >= 4 is 22.3 Å². The molecule has 2 heterocycles. The zero-order valence-corrected chi connectivity index (χ0v) is 12.0. The highest BCUT2D eigenvalue weighted by Gasteiger charge is 2.16. The Labute approximate surface area is 128 Å². The minimum absolute atomic E-state index is 0.674. The first-order chi connectivity index (χ1) is 10.8. The molecular weight excluding hydrogens is 270 g/mol. The maximum atomic E-state index is 8.90. The van der Waals surface area contributed by atoms with E-state index < -0.39 is 0 Å². The van der Waals surface area contributed by atoms with Gasteiger partial charge in [0.2, 0.25) is 0 Å². The topological polar surface area (TPSA) is 49.0 Å². The van der Waals surface area contributed by atoms with Crippen molar-refractivity contribution in [3.05, 3.63) is 71.4 Å². The summed E-state index contributed by atoms with van der Waals surface area (Å²) >= 11 is 0. The Bertz CT molecular complexity index is 931. The summed E-state index contributed by atoms with van der Waals surface area (Å²) < 4.78 is 0. The van der Waals surface area contributed by atoms with E-state index in [2.05, 4.69) is 29.3 Å². The van der Waals surface area contributed by atoms with Gasteiger partial charge in [-0.25, -0.2) is 0 Å². The number of nitriles is 1. The van der Waals surface area contributed by atoms with Crippen molar-refractivity contribution in [3.63, 3.8) is 0 Å². The Morgan fingerprint density at radius 2 is 1.82 bits per heavy atom. The first kappa shape index (κ1) is 12.7. The largest absolute Gasteiger partial charge is 0.254 e. The standard InChI is InChI=1S/C19H13N3/c20-12-13-3-5-14(6-4-13)17-10-9-16-8-7-15-2-1-11-21-18(15)19(16)22-17/h1-8,11H,9-10H2. The summed E-state index contributed by atoms with van der Waals surface area (Å²) in [5.74, 6) is 0. The van der Waals surface area contributed by atoms with Crippen LogP contribution in [0.25, 0.3) is 10.9 Å². The summed E-state index contributed by atoms with van der Waals surface area (Å²) in [5, 5.41) is 10.0. The van der Waals surface area contributed by atoms with Gasteiger partial charge in [0.05, 0.1) is 22.8 Å². The van der Waals surface area contributed by atoms with E-state index in [0.29, 0.717) is 5.56 Å². The molecule has 4 rings (SSSR count). The number of fused-ring (bicyclic) bond motifs is 3. The molecule has 0 unspecified atom stereocenters. The predicted octanol–water partition coefficient (Wildman–Crippen LogP) is 4.17. The van der Waals surface area contributed by atoms with Crippen molar-refractivity contribution in [3.8, 4) is 6.07 Å². The molecule has 22 heavy (non-hydrogen) atoms. The molecule has 0 atom stereocenters. The van der Waals surface area contributed by atoms with Gasteiger partial charge in [-0.2, -0.15) is 5.26 Å². The molecule has 1 aliphatic heterocycles. The lowest BCUT2D eigenvalue weighted by molar-refractivity contribution is 1.01. The monoisotopic (exact) mass is 283 g/mol. The van der Waals surface area contributed by atoms with E-state index in [4.69, 9.17) is 10.3 Å². The fraction of sp³-hybridized carbons (Fsp3) is 0.105. The number of aromatic nitrogens is 1. The zero-order chi connectivity index (χ0) is 14.9. The van der Waals surface area contributed by atoms with Gasteiger partial charge < -0.3 is 0 Å². The molecule has 0 bridgehead atoms. The van der Waals surface area contributed by atoms with E-state index in [1.165, 1.54) is 5.56 Å². The summed E-state index contributed by atoms with van der Waals surface area (Å²) in [5.41, 5.74) is 6.03. The Hall–Kier alpha value is -2.99. The lowest BCUT2D eigenvalue weighted by Crippen LogP contribution is -2.08. The van der Waals surface area contributed by atoms with Gasteiger partial charge in [0.15, 0.2) is 0 Å². The first-order valence-electron chi connectivity index (χ1n) is 7.30. The molecule has 0 spiro atoms. The highest BCUT2D eigenvalue weighted by atomic mass is 14.8. The van der Waals surface area contributed by atoms with Gasteiger partial charge in [-0.3, -0.25) is 9.98 Å². The van der Waals surface area contributed by atoms with Gasteiger partial charge in [0, 0.05) is 17.3 Å². The zero-order valence-electron chi connectivity index (χ0n) is 12.0. The first-order valence-corrected chi connectivity index (χ1v) is 7.30. The Kier molecular flexibility index (Phi) is 2.94. The number of aliphatic imine (C=N–C) groups is 1. The SMILES string of the molecule is N#Cc1ccc(C2=Nc3c(ccc4cccnc34)CC2)cc1. The number of benzene rings is 2. The number of rotatable bonds is 1. The number of pyridine rings is 1. The third-order valence-electron chi connectivity index (χ3n) is 4.06. The van der Waals surface area contributed by atoms with Gasteiger partial charge in [-0.1, -0.05) is 30.3 Å². The van der Waals surface area contributed by atoms with Crippen LogP contribution in [0.3, 0.4) is 0 Å². The molecule has 0 fully saturated rings. The highest BCUT2D eigenvalue weighted by molar-refractivity contribution is 6.06. The van der Waals surface area contributed by atoms with Gasteiger partial charge in [0.1, 0.15) is 0 Å². The smallest absolute Gasteiger partial charge is 0.0991 e. The van der Waals surface area contributed by atoms with Crippen molar-refractivity contribution in [2.45, 2.75) is 12.8 Å². The van der Waals surface area contributed by atoms with E-state index in [-0.39, 0.29) is 0 Å². The summed E-state index contributed by atoms with van der Waals surface area (Å²) in [7, 11) is 0. The van der Waals surface area contributed by atoms with Crippen LogP contribution in [0.2, 0.25) is 0 Å². The van der Waals surface area contributed by atoms with Crippen molar-refractivity contribution in [2.75, 3.05) is 0 Å². The normalized spacial score (nSPS) is 13.3. The lowest BCUT2D eigenvalue weighted by atomic mass is 9.95. The summed E-state index contributed by atoms with van der Waals surface area (Å²) in [6.07, 6.45) is 3.70. The number of nitrogens with zero attached hydrogens (tertiary/aromatic N) is 3. The summed E-state index contributed by atoms with van der Waals surface area (Å²) in [6.45, 7) is 0. The Morgan fingerprint density at radius 3 is 2.64 bits per heavy atom. The molecule has 0 saturated carbocycles. The van der Waals surface area contributed by atoms with Crippen molar-refractivity contribution in [1.29, 1.82) is 5.26 Å². The fourth-order valence-electron chi connectivity index (χ4n) is 2.89. The van der Waals surface area contributed by atoms with Crippen molar-refractivity contribution in [1.82, 2.24) is 4.98 Å². The van der Waals surface area contributed by atoms with Crippen molar-refractivity contribution < 1.29 is 0 Å². The second kappa shape index (κ2) is 5.09. The molecule has 0 saturated heterocycles. The van der Waals surface area contributed by atoms with Crippen LogP contribution < -0.4 is 0 Å². The molecule has 1 aromatic heterocycles. The Morgan fingerprint density at radius 1 is 0.955 bits per heavy atom. The van der Waals surface area contributed by atoms with Crippen molar-refractivity contribution in [2.24, 2.45) is 4.99 Å². The minimum atomic E-state index is 0.674. The second-order valence-corrected chi connectivity index (χ2v) is 5.40. The van der Waals surface area contributed by atoms with Crippen LogP contribution in [0.1, 0.15) is 23.1 Å². The van der Waals surface area contributed by atoms with Crippen LogP contribution in [-0.4, -0.2) is 10.7 Å². The van der Waals surface area contributed by atoms with Crippen LogP contribution in [-0.2, 0) is 6.42 Å². The van der Waals surface area contributed by atoms with Gasteiger partial charge in [-0.05, 0) is 42.2 Å². The third-order valence-corrected chi connectivity index (χ3v) is 4.06. The fourth-order valence-corrected chi connectivity index (χ4v) is 2.89. The van der Waals surface area contributed by atoms with E-state index in [1.807, 2.05) is 36.5 Å². The molecule has 3 aromatic rings. The molecular formula is C19H13N3. The maximum Gasteiger partial charge on any atom is 0.0991 e. The Balaban J connectivity index is 1.86. The lowest BCUT2D eigenvalue weighted by Gasteiger charge is -2.17. The average Bonchev–Trinajstić information content (AvgIpc) is 2.61. The van der Waals surface area contributed by atoms with Crippen LogP contribution in [0.4, 0.5) is 5.69 Å². The highest BCUT2D eigenvalue weighted by Crippen LogP contribution is 2.33. The molecule has 104 valence electrons. The number of hydrogen-bond acceptors (Lipinski definition) is 3. The quantitative estimate of drug-likeness (QED) is 0.673. The summed E-state index contributed by atoms with van der Waals surface area (Å²) in [6, 6.07) is 18.1. The average molecular weight is 283 g/mol. The van der Waals surface area contributed by atoms with E-state index in [1.54, 1.807) is 0 Å². The van der Waals surface area contributed by atoms with Gasteiger partial charge in [0.25, 0.3) is 0 Å². The molecule has 3 heteroatoms. The summed E-state index contributed by atoms with van der Waals surface area (Å²) in [4.78, 5) is 9.37.